The highest BCUT2D eigenvalue weighted by Crippen LogP contribution is 2.28. The Kier molecular flexibility index (Phi) is 6.00. The molecule has 0 saturated carbocycles. The fourth-order valence-electron chi connectivity index (χ4n) is 2.32. The molecule has 0 unspecified atom stereocenters. The quantitative estimate of drug-likeness (QED) is 0.575. The first-order chi connectivity index (χ1) is 13.6. The Morgan fingerprint density at radius 3 is 2.72 bits per heavy atom. The van der Waals surface area contributed by atoms with Crippen molar-refractivity contribution < 1.29 is 17.9 Å². The van der Waals surface area contributed by atoms with E-state index in [-0.39, 0.29) is 11.0 Å². The van der Waals surface area contributed by atoms with Crippen LogP contribution in [0.2, 0.25) is 5.15 Å². The zero-order valence-electron chi connectivity index (χ0n) is 15.5. The van der Waals surface area contributed by atoms with E-state index in [9.17, 15) is 13.2 Å². The van der Waals surface area contributed by atoms with Crippen LogP contribution in [-0.4, -0.2) is 45.1 Å². The van der Waals surface area contributed by atoms with Crippen molar-refractivity contribution in [3.05, 3.63) is 34.4 Å². The second kappa shape index (κ2) is 8.31. The summed E-state index contributed by atoms with van der Waals surface area (Å²) in [6.45, 7) is 1.67. The molecule has 3 aromatic rings. The van der Waals surface area contributed by atoms with Crippen LogP contribution in [0.15, 0.2) is 23.7 Å². The normalized spacial score (nSPS) is 12.4. The number of nitrogens with zero attached hydrogens (tertiary/aromatic N) is 5. The Morgan fingerprint density at radius 1 is 1.38 bits per heavy atom. The Morgan fingerprint density at radius 2 is 2.14 bits per heavy atom. The lowest BCUT2D eigenvalue weighted by molar-refractivity contribution is 0.121. The first-order valence-electron chi connectivity index (χ1n) is 8.05. The van der Waals surface area contributed by atoms with Gasteiger partial charge >= 0.3 is 6.09 Å². The highest BCUT2D eigenvalue weighted by atomic mass is 35.5. The molecule has 0 saturated heterocycles. The second-order valence-electron chi connectivity index (χ2n) is 5.95. The molecular formula is C15H16ClN7O4S2. The molecule has 11 nitrogen and oxygen atoms in total. The summed E-state index contributed by atoms with van der Waals surface area (Å²) in [4.78, 5) is 16.5. The molecule has 14 heteroatoms. The molecule has 0 bridgehead atoms. The monoisotopic (exact) mass is 457 g/mol. The lowest BCUT2D eigenvalue weighted by Crippen LogP contribution is -2.18. The average Bonchev–Trinajstić information content (AvgIpc) is 3.21. The number of rotatable bonds is 6. The van der Waals surface area contributed by atoms with Crippen LogP contribution in [0, 0.1) is 0 Å². The maximum atomic E-state index is 12.3. The Labute approximate surface area is 175 Å². The van der Waals surface area contributed by atoms with Crippen molar-refractivity contribution in [3.63, 3.8) is 0 Å². The van der Waals surface area contributed by atoms with Crippen LogP contribution in [0.5, 0.6) is 0 Å². The van der Waals surface area contributed by atoms with E-state index in [4.69, 9.17) is 16.3 Å². The van der Waals surface area contributed by atoms with Crippen LogP contribution in [0.3, 0.4) is 0 Å². The maximum absolute atomic E-state index is 12.3. The van der Waals surface area contributed by atoms with Gasteiger partial charge in [0.25, 0.3) is 0 Å². The molecule has 0 aliphatic carbocycles. The molecule has 2 N–H and O–H groups in total. The molecule has 0 aliphatic rings. The zero-order valence-corrected chi connectivity index (χ0v) is 17.8. The summed E-state index contributed by atoms with van der Waals surface area (Å²) < 4.78 is 35.5. The summed E-state index contributed by atoms with van der Waals surface area (Å²) in [5, 5.41) is 12.5. The molecule has 0 aromatic carbocycles. The number of ether oxygens (including phenoxy) is 1. The van der Waals surface area contributed by atoms with Crippen molar-refractivity contribution in [1.29, 1.82) is 0 Å². The van der Waals surface area contributed by atoms with Crippen LogP contribution < -0.4 is 10.0 Å². The van der Waals surface area contributed by atoms with Crippen molar-refractivity contribution in [2.75, 3.05) is 16.3 Å². The van der Waals surface area contributed by atoms with Crippen LogP contribution in [-0.2, 0) is 21.8 Å². The summed E-state index contributed by atoms with van der Waals surface area (Å²) >= 11 is 7.12. The second-order valence-corrected chi connectivity index (χ2v) is 8.69. The Bertz CT molecular complexity index is 1130. The van der Waals surface area contributed by atoms with Gasteiger partial charge in [0, 0.05) is 18.0 Å². The van der Waals surface area contributed by atoms with E-state index < -0.39 is 22.2 Å². The van der Waals surface area contributed by atoms with Crippen molar-refractivity contribution >= 4 is 50.8 Å². The van der Waals surface area contributed by atoms with Gasteiger partial charge in [0.05, 0.1) is 23.8 Å². The van der Waals surface area contributed by atoms with Crippen molar-refractivity contribution in [3.8, 4) is 11.4 Å². The Hall–Kier alpha value is -2.77. The molecule has 3 rings (SSSR count). The van der Waals surface area contributed by atoms with Crippen LogP contribution in [0.1, 0.15) is 18.6 Å². The smallest absolute Gasteiger partial charge is 0.413 e. The average molecular weight is 458 g/mol. The Balaban J connectivity index is 1.76. The molecule has 3 aromatic heterocycles. The molecule has 154 valence electrons. The summed E-state index contributed by atoms with van der Waals surface area (Å²) in [6, 6.07) is 3.07. The van der Waals surface area contributed by atoms with E-state index in [0.717, 1.165) is 17.8 Å². The van der Waals surface area contributed by atoms with E-state index in [0.29, 0.717) is 22.6 Å². The highest BCUT2D eigenvalue weighted by molar-refractivity contribution is 7.92. The number of amides is 1. The molecule has 29 heavy (non-hydrogen) atoms. The van der Waals surface area contributed by atoms with E-state index in [1.54, 1.807) is 25.4 Å². The standard InChI is InChI=1S/C15H16ClN7O4S2/c1-8(10-7-28-20-13(10)16)27-15(24)18-14-12(19-22-23(14)2)11-5-4-9(6-17-11)21-29(3,25)26/h4-8,21H,1-3H3,(H,18,24)/t8-/m1/s1. The summed E-state index contributed by atoms with van der Waals surface area (Å²) in [7, 11) is -1.82. The number of hydrogen-bond acceptors (Lipinski definition) is 9. The zero-order chi connectivity index (χ0) is 21.2. The molecule has 3 heterocycles. The van der Waals surface area contributed by atoms with E-state index in [2.05, 4.69) is 29.7 Å². The number of carbonyl (C=O) groups excluding carboxylic acids is 1. The van der Waals surface area contributed by atoms with Crippen molar-refractivity contribution in [2.45, 2.75) is 13.0 Å². The number of aryl methyl sites for hydroxylation is 1. The van der Waals surface area contributed by atoms with Crippen molar-refractivity contribution in [2.24, 2.45) is 7.05 Å². The first-order valence-corrected chi connectivity index (χ1v) is 11.2. The third-order valence-corrected chi connectivity index (χ3v) is 5.29. The minimum Gasteiger partial charge on any atom is -0.441 e. The van der Waals surface area contributed by atoms with Crippen LogP contribution in [0.4, 0.5) is 16.3 Å². The summed E-state index contributed by atoms with van der Waals surface area (Å²) in [5.41, 5.74) is 1.57. The molecule has 1 amide bonds. The topological polar surface area (TPSA) is 141 Å². The predicted octanol–water partition coefficient (Wildman–Crippen LogP) is 2.67. The molecule has 0 spiro atoms. The molecule has 1 atom stereocenters. The van der Waals surface area contributed by atoms with Gasteiger partial charge in [0.2, 0.25) is 10.0 Å². The van der Waals surface area contributed by atoms with Gasteiger partial charge in [0.15, 0.2) is 11.5 Å². The lowest BCUT2D eigenvalue weighted by Gasteiger charge is -2.13. The number of halogens is 1. The summed E-state index contributed by atoms with van der Waals surface area (Å²) in [5.74, 6) is 0.257. The van der Waals surface area contributed by atoms with Crippen LogP contribution in [0.25, 0.3) is 11.4 Å². The number of anilines is 2. The van der Waals surface area contributed by atoms with Gasteiger partial charge in [-0.15, -0.1) is 5.10 Å². The number of hydrogen-bond donors (Lipinski definition) is 2. The fraction of sp³-hybridized carbons (Fsp3) is 0.267. The largest absolute Gasteiger partial charge is 0.441 e. The first kappa shape index (κ1) is 21.0. The third-order valence-electron chi connectivity index (χ3n) is 3.63. The lowest BCUT2D eigenvalue weighted by atomic mass is 10.2. The SMILES string of the molecule is C[C@@H](OC(=O)Nc1c(-c2ccc(NS(C)(=O)=O)cn2)nnn1C)c1csnc1Cl. The minimum atomic E-state index is -3.42. The third kappa shape index (κ3) is 5.19. The van der Waals surface area contributed by atoms with E-state index >= 15 is 0 Å². The fourth-order valence-corrected chi connectivity index (χ4v) is 3.93. The van der Waals surface area contributed by atoms with Gasteiger partial charge in [-0.05, 0) is 30.6 Å². The highest BCUT2D eigenvalue weighted by Gasteiger charge is 2.21. The van der Waals surface area contributed by atoms with E-state index in [1.165, 1.54) is 16.9 Å². The molecular weight excluding hydrogens is 442 g/mol. The summed E-state index contributed by atoms with van der Waals surface area (Å²) in [6.07, 6.45) is 1.03. The van der Waals surface area contributed by atoms with Crippen LogP contribution >= 0.6 is 23.1 Å². The predicted molar refractivity (Wildman–Crippen MR) is 108 cm³/mol. The maximum Gasteiger partial charge on any atom is 0.413 e. The number of carbonyl (C=O) groups is 1. The van der Waals surface area contributed by atoms with Gasteiger partial charge < -0.3 is 4.74 Å². The number of pyridine rings is 1. The van der Waals surface area contributed by atoms with Gasteiger partial charge in [0.1, 0.15) is 11.3 Å². The number of nitrogens with one attached hydrogen (secondary N) is 2. The van der Waals surface area contributed by atoms with Gasteiger partial charge in [-0.1, -0.05) is 16.8 Å². The molecule has 0 aliphatic heterocycles. The van der Waals surface area contributed by atoms with Gasteiger partial charge in [-0.3, -0.25) is 15.0 Å². The number of sulfonamides is 1. The van der Waals surface area contributed by atoms with Crippen molar-refractivity contribution in [1.82, 2.24) is 24.4 Å². The van der Waals surface area contributed by atoms with E-state index in [1.807, 2.05) is 0 Å². The van der Waals surface area contributed by atoms with Gasteiger partial charge in [-0.2, -0.15) is 4.37 Å². The molecule has 0 radical (unpaired) electrons. The van der Waals surface area contributed by atoms with Gasteiger partial charge in [-0.25, -0.2) is 17.9 Å². The minimum absolute atomic E-state index is 0.257. The number of aromatic nitrogens is 5. The molecule has 0 fully saturated rings.